The van der Waals surface area contributed by atoms with Gasteiger partial charge in [-0.15, -0.1) is 0 Å². The van der Waals surface area contributed by atoms with Gasteiger partial charge in [-0.05, 0) is 67.3 Å². The minimum absolute atomic E-state index is 0.0328. The van der Waals surface area contributed by atoms with Gasteiger partial charge in [0.05, 0.1) is 11.9 Å². The molecule has 0 saturated heterocycles. The van der Waals surface area contributed by atoms with E-state index in [1.165, 1.54) is 11.9 Å². The molecule has 1 aromatic heterocycles. The number of rotatable bonds is 7. The van der Waals surface area contributed by atoms with Crippen molar-refractivity contribution in [2.75, 3.05) is 19.3 Å². The number of anilines is 1. The molecule has 0 atom stereocenters. The fourth-order valence-corrected chi connectivity index (χ4v) is 5.00. The highest BCUT2D eigenvalue weighted by molar-refractivity contribution is 6.06. The fraction of sp³-hybridized carbons (Fsp3) is 0.303. The van der Waals surface area contributed by atoms with E-state index in [1.54, 1.807) is 43.9 Å². The summed E-state index contributed by atoms with van der Waals surface area (Å²) in [6.45, 7) is 5.68. The van der Waals surface area contributed by atoms with Crippen molar-refractivity contribution in [3.63, 3.8) is 0 Å². The molecule has 0 spiro atoms. The number of carbonyl (C=O) groups excluding carboxylic acids is 3. The van der Waals surface area contributed by atoms with E-state index < -0.39 is 29.3 Å². The molecule has 0 fully saturated rings. The average molecular weight is 618 g/mol. The zero-order valence-corrected chi connectivity index (χ0v) is 25.4. The normalized spacial score (nSPS) is 12.6. The van der Waals surface area contributed by atoms with Crippen molar-refractivity contribution in [3.05, 3.63) is 88.6 Å². The highest BCUT2D eigenvalue weighted by atomic mass is 19.2. The number of fused-ring (bicyclic) bond motifs is 2. The summed E-state index contributed by atoms with van der Waals surface area (Å²) in [5.74, 6) is -3.29. The van der Waals surface area contributed by atoms with Crippen molar-refractivity contribution in [3.8, 4) is 11.1 Å². The second kappa shape index (κ2) is 12.5. The maximum absolute atomic E-state index is 14.5. The van der Waals surface area contributed by atoms with E-state index in [4.69, 9.17) is 15.2 Å². The molecule has 0 bridgehead atoms. The van der Waals surface area contributed by atoms with E-state index in [-0.39, 0.29) is 48.2 Å². The van der Waals surface area contributed by atoms with Crippen molar-refractivity contribution in [1.82, 2.24) is 19.8 Å². The number of nitrogens with zero attached hydrogens (tertiary/aromatic N) is 4. The molecule has 45 heavy (non-hydrogen) atoms. The van der Waals surface area contributed by atoms with Gasteiger partial charge in [0.1, 0.15) is 17.9 Å². The van der Waals surface area contributed by atoms with Crippen LogP contribution in [-0.2, 0) is 34.0 Å². The van der Waals surface area contributed by atoms with E-state index >= 15 is 0 Å². The summed E-state index contributed by atoms with van der Waals surface area (Å²) in [7, 11) is 1.49. The monoisotopic (exact) mass is 617 g/mol. The fourth-order valence-electron chi connectivity index (χ4n) is 5.00. The topological polar surface area (TPSA) is 128 Å². The first-order valence-electron chi connectivity index (χ1n) is 14.3. The average Bonchev–Trinajstić information content (AvgIpc) is 3.43. The van der Waals surface area contributed by atoms with E-state index in [2.05, 4.69) is 9.97 Å². The van der Waals surface area contributed by atoms with Gasteiger partial charge in [0, 0.05) is 37.6 Å². The van der Waals surface area contributed by atoms with Crippen LogP contribution in [0.15, 0.2) is 54.6 Å². The van der Waals surface area contributed by atoms with Crippen LogP contribution in [0.2, 0.25) is 0 Å². The first-order valence-corrected chi connectivity index (χ1v) is 14.3. The molecule has 2 amide bonds. The standard InChI is InChI=1S/C33H33F2N5O5/c1-33(2,3)45-32(43)39(4)12-11-28(41)44-18-22-14-25(34)26(35)15-23(22)19-9-10-27-24(13-19)29(38-31(36)37-27)30(42)40-16-20-7-5-6-8-21(20)17-40/h5-10,13-15H,11-12,16-18H2,1-4H3,(H2,36,37,38). The van der Waals surface area contributed by atoms with Crippen LogP contribution in [-0.4, -0.2) is 56.9 Å². The van der Waals surface area contributed by atoms with Gasteiger partial charge in [0.25, 0.3) is 5.91 Å². The number of hydrogen-bond acceptors (Lipinski definition) is 8. The molecule has 2 N–H and O–H groups in total. The van der Waals surface area contributed by atoms with Crippen LogP contribution >= 0.6 is 0 Å². The van der Waals surface area contributed by atoms with Crippen molar-refractivity contribution >= 4 is 34.8 Å². The summed E-state index contributed by atoms with van der Waals surface area (Å²) in [6.07, 6.45) is -0.734. The number of ether oxygens (including phenoxy) is 2. The molecule has 10 nitrogen and oxygen atoms in total. The van der Waals surface area contributed by atoms with Crippen LogP contribution in [0.1, 0.15) is 54.4 Å². The number of benzene rings is 3. The van der Waals surface area contributed by atoms with Gasteiger partial charge in [0.15, 0.2) is 11.6 Å². The summed E-state index contributed by atoms with van der Waals surface area (Å²) >= 11 is 0. The lowest BCUT2D eigenvalue weighted by Crippen LogP contribution is -2.35. The smallest absolute Gasteiger partial charge is 0.410 e. The molecule has 234 valence electrons. The van der Waals surface area contributed by atoms with Gasteiger partial charge in [-0.3, -0.25) is 9.59 Å². The van der Waals surface area contributed by atoms with E-state index in [0.717, 1.165) is 23.3 Å². The molecule has 0 aliphatic carbocycles. The Morgan fingerprint density at radius 2 is 1.64 bits per heavy atom. The van der Waals surface area contributed by atoms with Crippen LogP contribution in [0.25, 0.3) is 22.0 Å². The minimum Gasteiger partial charge on any atom is -0.461 e. The first-order chi connectivity index (χ1) is 21.3. The predicted molar refractivity (Wildman–Crippen MR) is 163 cm³/mol. The Balaban J connectivity index is 1.38. The maximum atomic E-state index is 14.5. The Morgan fingerprint density at radius 3 is 2.31 bits per heavy atom. The van der Waals surface area contributed by atoms with Gasteiger partial charge in [-0.25, -0.2) is 23.5 Å². The molecular weight excluding hydrogens is 584 g/mol. The lowest BCUT2D eigenvalue weighted by molar-refractivity contribution is -0.145. The zero-order valence-electron chi connectivity index (χ0n) is 25.4. The predicted octanol–water partition coefficient (Wildman–Crippen LogP) is 5.61. The first kappa shape index (κ1) is 31.3. The molecule has 2 heterocycles. The van der Waals surface area contributed by atoms with E-state index in [1.807, 2.05) is 24.3 Å². The third-order valence-corrected chi connectivity index (χ3v) is 7.25. The Hall–Kier alpha value is -5.13. The number of hydrogen-bond donors (Lipinski definition) is 1. The third kappa shape index (κ3) is 7.17. The quantitative estimate of drug-likeness (QED) is 0.265. The lowest BCUT2D eigenvalue weighted by Gasteiger charge is -2.24. The van der Waals surface area contributed by atoms with Gasteiger partial charge in [-0.2, -0.15) is 0 Å². The number of nitrogens with two attached hydrogens (primary N) is 1. The maximum Gasteiger partial charge on any atom is 0.410 e. The molecule has 5 rings (SSSR count). The molecule has 0 unspecified atom stereocenters. The largest absolute Gasteiger partial charge is 0.461 e. The number of nitrogen functional groups attached to an aromatic ring is 1. The zero-order chi connectivity index (χ0) is 32.5. The summed E-state index contributed by atoms with van der Waals surface area (Å²) < 4.78 is 39.5. The van der Waals surface area contributed by atoms with E-state index in [9.17, 15) is 23.2 Å². The van der Waals surface area contributed by atoms with Crippen LogP contribution in [0.4, 0.5) is 19.5 Å². The van der Waals surface area contributed by atoms with Crippen molar-refractivity contribution in [1.29, 1.82) is 0 Å². The SMILES string of the molecule is CN(CCC(=O)OCc1cc(F)c(F)cc1-c1ccc2nc(N)nc(C(=O)N3Cc4ccccc4C3)c2c1)C(=O)OC(C)(C)C. The van der Waals surface area contributed by atoms with Crippen molar-refractivity contribution in [2.24, 2.45) is 0 Å². The van der Waals surface area contributed by atoms with Crippen LogP contribution in [0.3, 0.4) is 0 Å². The van der Waals surface area contributed by atoms with Crippen molar-refractivity contribution in [2.45, 2.75) is 52.5 Å². The van der Waals surface area contributed by atoms with Gasteiger partial charge in [-0.1, -0.05) is 30.3 Å². The minimum atomic E-state index is -1.11. The molecule has 4 aromatic rings. The molecule has 1 aliphatic heterocycles. The van der Waals surface area contributed by atoms with Crippen LogP contribution < -0.4 is 5.73 Å². The highest BCUT2D eigenvalue weighted by Crippen LogP contribution is 2.32. The molecule has 3 aromatic carbocycles. The Bertz CT molecular complexity index is 1780. The summed E-state index contributed by atoms with van der Waals surface area (Å²) in [5, 5.41) is 0.375. The number of halogens is 2. The Morgan fingerprint density at radius 1 is 0.978 bits per heavy atom. The summed E-state index contributed by atoms with van der Waals surface area (Å²) in [6, 6.07) is 14.6. The molecule has 12 heteroatoms. The van der Waals surface area contributed by atoms with Gasteiger partial charge in [0.2, 0.25) is 5.95 Å². The molecular formula is C33H33F2N5O5. The number of amides is 2. The molecule has 1 aliphatic rings. The van der Waals surface area contributed by atoms with Crippen LogP contribution in [0.5, 0.6) is 0 Å². The second-order valence-corrected chi connectivity index (χ2v) is 11.8. The number of esters is 1. The van der Waals surface area contributed by atoms with Gasteiger partial charge < -0.3 is 25.0 Å². The molecule has 0 saturated carbocycles. The summed E-state index contributed by atoms with van der Waals surface area (Å²) in [5.41, 5.74) is 8.68. The number of aromatic nitrogens is 2. The summed E-state index contributed by atoms with van der Waals surface area (Å²) in [4.78, 5) is 49.8. The van der Waals surface area contributed by atoms with Crippen LogP contribution in [0, 0.1) is 11.6 Å². The van der Waals surface area contributed by atoms with Gasteiger partial charge >= 0.3 is 12.1 Å². The lowest BCUT2D eigenvalue weighted by atomic mass is 9.97. The Kier molecular flexibility index (Phi) is 8.67. The molecule has 0 radical (unpaired) electrons. The third-order valence-electron chi connectivity index (χ3n) is 7.25. The van der Waals surface area contributed by atoms with Crippen molar-refractivity contribution < 1.29 is 32.6 Å². The second-order valence-electron chi connectivity index (χ2n) is 11.8. The Labute approximate surface area is 258 Å². The number of carbonyl (C=O) groups is 3. The van der Waals surface area contributed by atoms with E-state index in [0.29, 0.717) is 29.6 Å². The highest BCUT2D eigenvalue weighted by Gasteiger charge is 2.27.